The first-order valence-corrected chi connectivity index (χ1v) is 4.00. The van der Waals surface area contributed by atoms with Gasteiger partial charge in [0, 0.05) is 0 Å². The van der Waals surface area contributed by atoms with E-state index in [0.29, 0.717) is 0 Å². The third kappa shape index (κ3) is 1.69. The second-order valence-corrected chi connectivity index (χ2v) is 2.71. The number of aromatic nitrogens is 2. The molecule has 76 valence electrons. The number of carbonyl (C=O) groups is 1. The zero-order chi connectivity index (χ0) is 10.8. The van der Waals surface area contributed by atoms with E-state index in [1.54, 1.807) is 6.07 Å². The van der Waals surface area contributed by atoms with Gasteiger partial charge in [0.25, 0.3) is 11.7 Å². The second kappa shape index (κ2) is 3.49. The standard InChI is InChI=1S/C9H5FN2O3/c10-6-4-2-1-3-5(6)8-11-7(9(13)14)12-15-8/h1-4H,(H,13,14). The molecule has 1 heterocycles. The third-order valence-electron chi connectivity index (χ3n) is 1.72. The maximum Gasteiger partial charge on any atom is 0.377 e. The predicted octanol–water partition coefficient (Wildman–Crippen LogP) is 1.57. The van der Waals surface area contributed by atoms with Crippen LogP contribution in [0, 0.1) is 5.82 Å². The molecule has 0 radical (unpaired) electrons. The van der Waals surface area contributed by atoms with Gasteiger partial charge in [-0.1, -0.05) is 12.1 Å². The van der Waals surface area contributed by atoms with Crippen LogP contribution in [0.5, 0.6) is 0 Å². The van der Waals surface area contributed by atoms with Gasteiger partial charge in [0.05, 0.1) is 5.56 Å². The summed E-state index contributed by atoms with van der Waals surface area (Å²) >= 11 is 0. The van der Waals surface area contributed by atoms with Crippen LogP contribution in [0.1, 0.15) is 10.6 Å². The van der Waals surface area contributed by atoms with E-state index in [4.69, 9.17) is 5.11 Å². The molecule has 1 N–H and O–H groups in total. The van der Waals surface area contributed by atoms with E-state index >= 15 is 0 Å². The first kappa shape index (κ1) is 9.32. The summed E-state index contributed by atoms with van der Waals surface area (Å²) in [5.41, 5.74) is 0.0810. The highest BCUT2D eigenvalue weighted by Gasteiger charge is 2.16. The Hall–Kier alpha value is -2.24. The molecule has 1 aromatic heterocycles. The van der Waals surface area contributed by atoms with Crippen molar-refractivity contribution in [2.45, 2.75) is 0 Å². The average Bonchev–Trinajstić information content (AvgIpc) is 2.67. The van der Waals surface area contributed by atoms with Crippen LogP contribution in [0.15, 0.2) is 28.8 Å². The number of carboxylic acid groups (broad SMARTS) is 1. The molecule has 0 fully saturated rings. The van der Waals surface area contributed by atoms with Crippen molar-refractivity contribution < 1.29 is 18.8 Å². The molecule has 0 atom stereocenters. The van der Waals surface area contributed by atoms with Gasteiger partial charge < -0.3 is 9.63 Å². The Balaban J connectivity index is 2.46. The van der Waals surface area contributed by atoms with E-state index in [2.05, 4.69) is 14.7 Å². The maximum atomic E-state index is 13.2. The first-order chi connectivity index (χ1) is 7.18. The fourth-order valence-electron chi connectivity index (χ4n) is 1.05. The van der Waals surface area contributed by atoms with E-state index in [9.17, 15) is 9.18 Å². The van der Waals surface area contributed by atoms with Crippen LogP contribution in [0.4, 0.5) is 4.39 Å². The highest BCUT2D eigenvalue weighted by Crippen LogP contribution is 2.20. The van der Waals surface area contributed by atoms with Gasteiger partial charge >= 0.3 is 5.97 Å². The van der Waals surface area contributed by atoms with Crippen LogP contribution >= 0.6 is 0 Å². The number of nitrogens with zero attached hydrogens (tertiary/aromatic N) is 2. The minimum Gasteiger partial charge on any atom is -0.475 e. The lowest BCUT2D eigenvalue weighted by Gasteiger charge is -1.94. The monoisotopic (exact) mass is 208 g/mol. The van der Waals surface area contributed by atoms with Crippen LogP contribution in [-0.2, 0) is 0 Å². The van der Waals surface area contributed by atoms with Crippen LogP contribution in [0.3, 0.4) is 0 Å². The summed E-state index contributed by atoms with van der Waals surface area (Å²) in [6.07, 6.45) is 0. The van der Waals surface area contributed by atoms with Crippen molar-refractivity contribution in [3.8, 4) is 11.5 Å². The van der Waals surface area contributed by atoms with Gasteiger partial charge in [0.2, 0.25) is 0 Å². The minimum atomic E-state index is -1.32. The van der Waals surface area contributed by atoms with Crippen LogP contribution < -0.4 is 0 Å². The summed E-state index contributed by atoms with van der Waals surface area (Å²) in [7, 11) is 0. The molecule has 0 bridgehead atoms. The summed E-state index contributed by atoms with van der Waals surface area (Å²) in [5, 5.41) is 11.7. The Morgan fingerprint density at radius 3 is 2.73 bits per heavy atom. The van der Waals surface area contributed by atoms with Crippen molar-refractivity contribution in [2.75, 3.05) is 0 Å². The number of halogens is 1. The maximum absolute atomic E-state index is 13.2. The zero-order valence-electron chi connectivity index (χ0n) is 7.35. The van der Waals surface area contributed by atoms with Crippen molar-refractivity contribution in [1.82, 2.24) is 10.1 Å². The molecule has 1 aromatic carbocycles. The molecule has 0 aliphatic rings. The highest BCUT2D eigenvalue weighted by molar-refractivity contribution is 5.83. The Bertz CT molecular complexity index is 510. The van der Waals surface area contributed by atoms with Crippen LogP contribution in [0.2, 0.25) is 0 Å². The van der Waals surface area contributed by atoms with Gasteiger partial charge in [-0.2, -0.15) is 4.98 Å². The Kier molecular flexibility index (Phi) is 2.17. The number of benzene rings is 1. The molecule has 0 aliphatic heterocycles. The molecule has 2 aromatic rings. The summed E-state index contributed by atoms with van der Waals surface area (Å²) in [4.78, 5) is 14.0. The molecule has 2 rings (SSSR count). The second-order valence-electron chi connectivity index (χ2n) is 2.71. The van der Waals surface area contributed by atoms with Crippen molar-refractivity contribution >= 4 is 5.97 Å². The van der Waals surface area contributed by atoms with E-state index in [1.807, 2.05) is 0 Å². The van der Waals surface area contributed by atoms with Crippen molar-refractivity contribution in [3.63, 3.8) is 0 Å². The lowest BCUT2D eigenvalue weighted by molar-refractivity contribution is 0.0680. The van der Waals surface area contributed by atoms with Gasteiger partial charge in [-0.3, -0.25) is 0 Å². The topological polar surface area (TPSA) is 76.2 Å². The Labute approximate surface area is 83.2 Å². The van der Waals surface area contributed by atoms with Crippen LogP contribution in [-0.4, -0.2) is 21.2 Å². The lowest BCUT2D eigenvalue weighted by Crippen LogP contribution is -1.98. The first-order valence-electron chi connectivity index (χ1n) is 4.00. The molecule has 5 nitrogen and oxygen atoms in total. The largest absolute Gasteiger partial charge is 0.475 e. The molecule has 0 spiro atoms. The molecular formula is C9H5FN2O3. The molecule has 0 saturated heterocycles. The summed E-state index contributed by atoms with van der Waals surface area (Å²) < 4.78 is 17.8. The number of hydrogen-bond donors (Lipinski definition) is 1. The van der Waals surface area contributed by atoms with Gasteiger partial charge in [0.15, 0.2) is 0 Å². The molecule has 0 amide bonds. The fourth-order valence-corrected chi connectivity index (χ4v) is 1.05. The van der Waals surface area contributed by atoms with E-state index in [0.717, 1.165) is 0 Å². The van der Waals surface area contributed by atoms with Gasteiger partial charge in [-0.15, -0.1) is 0 Å². The Morgan fingerprint density at radius 1 is 1.40 bits per heavy atom. The molecule has 0 aliphatic carbocycles. The highest BCUT2D eigenvalue weighted by atomic mass is 19.1. The Morgan fingerprint density at radius 2 is 2.13 bits per heavy atom. The number of hydrogen-bond acceptors (Lipinski definition) is 4. The summed E-state index contributed by atoms with van der Waals surface area (Å²) in [5.74, 6) is -2.50. The van der Waals surface area contributed by atoms with Crippen molar-refractivity contribution in [1.29, 1.82) is 0 Å². The van der Waals surface area contributed by atoms with E-state index in [1.165, 1.54) is 18.2 Å². The number of carboxylic acids is 1. The quantitative estimate of drug-likeness (QED) is 0.810. The molecule has 6 heteroatoms. The van der Waals surface area contributed by atoms with Gasteiger partial charge in [-0.05, 0) is 17.3 Å². The van der Waals surface area contributed by atoms with Crippen LogP contribution in [0.25, 0.3) is 11.5 Å². The SMILES string of the molecule is O=C(O)c1noc(-c2ccccc2F)n1. The normalized spacial score (nSPS) is 10.2. The lowest BCUT2D eigenvalue weighted by atomic mass is 10.2. The van der Waals surface area contributed by atoms with Crippen molar-refractivity contribution in [3.05, 3.63) is 35.9 Å². The predicted molar refractivity (Wildman–Crippen MR) is 46.7 cm³/mol. The molecule has 15 heavy (non-hydrogen) atoms. The fraction of sp³-hybridized carbons (Fsp3) is 0. The molecule has 0 saturated carbocycles. The smallest absolute Gasteiger partial charge is 0.377 e. The number of rotatable bonds is 2. The zero-order valence-corrected chi connectivity index (χ0v) is 7.35. The number of aromatic carboxylic acids is 1. The summed E-state index contributed by atoms with van der Waals surface area (Å²) in [6, 6.07) is 5.74. The summed E-state index contributed by atoms with van der Waals surface area (Å²) in [6.45, 7) is 0. The van der Waals surface area contributed by atoms with E-state index < -0.39 is 17.6 Å². The van der Waals surface area contributed by atoms with E-state index in [-0.39, 0.29) is 11.5 Å². The third-order valence-corrected chi connectivity index (χ3v) is 1.72. The minimum absolute atomic E-state index is 0.0810. The molecule has 0 unspecified atom stereocenters. The van der Waals surface area contributed by atoms with Crippen molar-refractivity contribution in [2.24, 2.45) is 0 Å². The van der Waals surface area contributed by atoms with Gasteiger partial charge in [0.1, 0.15) is 5.82 Å². The van der Waals surface area contributed by atoms with Gasteiger partial charge in [-0.25, -0.2) is 9.18 Å². The average molecular weight is 208 g/mol. The molecular weight excluding hydrogens is 203 g/mol.